The van der Waals surface area contributed by atoms with Gasteiger partial charge >= 0.3 is 0 Å². The molecule has 0 aliphatic carbocycles. The topological polar surface area (TPSA) is 122 Å². The molecular formula is C20H18N4O5S. The molecule has 0 bridgehead atoms. The zero-order valence-electron chi connectivity index (χ0n) is 15.9. The summed E-state index contributed by atoms with van der Waals surface area (Å²) in [5.41, 5.74) is 2.53. The van der Waals surface area contributed by atoms with Crippen molar-refractivity contribution < 1.29 is 18.1 Å². The van der Waals surface area contributed by atoms with E-state index in [9.17, 15) is 23.3 Å². The fourth-order valence-electron chi connectivity index (χ4n) is 2.73. The first-order chi connectivity index (χ1) is 14.3. The average Bonchev–Trinajstić information content (AvgIpc) is 2.73. The Hall–Kier alpha value is -3.63. The van der Waals surface area contributed by atoms with E-state index >= 15 is 0 Å². The first-order valence-corrected chi connectivity index (χ1v) is 10.2. The van der Waals surface area contributed by atoms with Crippen LogP contribution in [0, 0.1) is 10.1 Å². The van der Waals surface area contributed by atoms with Crippen LogP contribution in [0.15, 0.2) is 76.7 Å². The molecule has 1 N–H and O–H groups in total. The first-order valence-electron chi connectivity index (χ1n) is 8.79. The summed E-state index contributed by atoms with van der Waals surface area (Å²) in [5.74, 6) is -0.649. The highest BCUT2D eigenvalue weighted by Gasteiger charge is 2.23. The Morgan fingerprint density at radius 2 is 1.83 bits per heavy atom. The van der Waals surface area contributed by atoms with E-state index in [-0.39, 0.29) is 10.6 Å². The van der Waals surface area contributed by atoms with E-state index in [1.54, 1.807) is 18.2 Å². The summed E-state index contributed by atoms with van der Waals surface area (Å²) in [6.07, 6.45) is 1.24. The number of rotatable bonds is 7. The van der Waals surface area contributed by atoms with Crippen LogP contribution in [0.4, 0.5) is 5.69 Å². The van der Waals surface area contributed by atoms with Crippen LogP contribution in [0.25, 0.3) is 10.8 Å². The van der Waals surface area contributed by atoms with E-state index in [1.807, 2.05) is 24.3 Å². The molecule has 0 atom stereocenters. The van der Waals surface area contributed by atoms with Crippen molar-refractivity contribution in [3.05, 3.63) is 82.4 Å². The number of benzene rings is 3. The number of fused-ring (bicyclic) bond motifs is 1. The summed E-state index contributed by atoms with van der Waals surface area (Å²) in [6.45, 7) is -0.443. The highest BCUT2D eigenvalue weighted by molar-refractivity contribution is 7.89. The van der Waals surface area contributed by atoms with Crippen molar-refractivity contribution in [1.82, 2.24) is 9.73 Å². The van der Waals surface area contributed by atoms with E-state index in [4.69, 9.17) is 0 Å². The molecule has 10 heteroatoms. The molecule has 0 aromatic heterocycles. The number of nitrogens with zero attached hydrogens (tertiary/aromatic N) is 3. The number of nitrogens with one attached hydrogen (secondary N) is 1. The second-order valence-corrected chi connectivity index (χ2v) is 8.46. The molecule has 9 nitrogen and oxygen atoms in total. The van der Waals surface area contributed by atoms with Gasteiger partial charge in [-0.3, -0.25) is 14.9 Å². The Morgan fingerprint density at radius 1 is 1.10 bits per heavy atom. The Kier molecular flexibility index (Phi) is 6.19. The SMILES string of the molecule is CN(CC(=O)N/N=C\c1cccc([N+](=O)[O-])c1)S(=O)(=O)c1ccc2ccccc2c1. The number of carbonyl (C=O) groups excluding carboxylic acids is 1. The minimum atomic E-state index is -3.87. The number of likely N-dealkylation sites (N-methyl/N-ethyl adjacent to an activating group) is 1. The monoisotopic (exact) mass is 426 g/mol. The van der Waals surface area contributed by atoms with Crippen LogP contribution in [0.2, 0.25) is 0 Å². The largest absolute Gasteiger partial charge is 0.272 e. The summed E-state index contributed by atoms with van der Waals surface area (Å²) in [6, 6.07) is 17.8. The van der Waals surface area contributed by atoms with Crippen molar-refractivity contribution >= 4 is 38.6 Å². The Labute approximate surface area is 172 Å². The quantitative estimate of drug-likeness (QED) is 0.353. The van der Waals surface area contributed by atoms with Gasteiger partial charge < -0.3 is 0 Å². The predicted molar refractivity (Wildman–Crippen MR) is 113 cm³/mol. The standard InChI is InChI=1S/C20H18N4O5S/c1-23(30(28,29)19-10-9-16-6-2-3-7-17(16)12-19)14-20(25)22-21-13-15-5-4-8-18(11-15)24(26)27/h2-13H,14H2,1H3,(H,22,25)/b21-13-. The molecule has 0 aliphatic rings. The van der Waals surface area contributed by atoms with Crippen LogP contribution < -0.4 is 5.43 Å². The van der Waals surface area contributed by atoms with Crippen molar-refractivity contribution in [2.24, 2.45) is 5.10 Å². The lowest BCUT2D eigenvalue weighted by atomic mass is 10.1. The van der Waals surface area contributed by atoms with Gasteiger partial charge in [0.2, 0.25) is 10.0 Å². The van der Waals surface area contributed by atoms with Crippen molar-refractivity contribution in [3.8, 4) is 0 Å². The minimum Gasteiger partial charge on any atom is -0.272 e. The highest BCUT2D eigenvalue weighted by atomic mass is 32.2. The predicted octanol–water partition coefficient (Wildman–Crippen LogP) is 2.52. The lowest BCUT2D eigenvalue weighted by Gasteiger charge is -2.16. The van der Waals surface area contributed by atoms with Crippen LogP contribution >= 0.6 is 0 Å². The molecule has 0 spiro atoms. The number of amides is 1. The van der Waals surface area contributed by atoms with E-state index in [0.717, 1.165) is 15.1 Å². The Bertz CT molecular complexity index is 1240. The number of hydrogen-bond donors (Lipinski definition) is 1. The Balaban J connectivity index is 1.65. The van der Waals surface area contributed by atoms with Crippen LogP contribution in [0.1, 0.15) is 5.56 Å². The fraction of sp³-hybridized carbons (Fsp3) is 0.100. The van der Waals surface area contributed by atoms with Crippen LogP contribution in [0.5, 0.6) is 0 Å². The molecule has 3 aromatic rings. The smallest absolute Gasteiger partial charge is 0.270 e. The van der Waals surface area contributed by atoms with Crippen LogP contribution in [-0.4, -0.2) is 43.4 Å². The van der Waals surface area contributed by atoms with Gasteiger partial charge in [-0.05, 0) is 22.9 Å². The second kappa shape index (κ2) is 8.80. The normalized spacial score (nSPS) is 11.8. The molecule has 3 rings (SSSR count). The molecule has 0 aliphatic heterocycles. The maximum atomic E-state index is 12.8. The number of carbonyl (C=O) groups is 1. The third-order valence-electron chi connectivity index (χ3n) is 4.28. The number of hydrogen-bond acceptors (Lipinski definition) is 6. The molecule has 0 heterocycles. The van der Waals surface area contributed by atoms with Gasteiger partial charge in [-0.25, -0.2) is 13.8 Å². The molecule has 0 saturated heterocycles. The molecule has 30 heavy (non-hydrogen) atoms. The van der Waals surface area contributed by atoms with Crippen LogP contribution in [-0.2, 0) is 14.8 Å². The lowest BCUT2D eigenvalue weighted by molar-refractivity contribution is -0.384. The van der Waals surface area contributed by atoms with Crippen molar-refractivity contribution in [2.75, 3.05) is 13.6 Å². The molecule has 154 valence electrons. The maximum absolute atomic E-state index is 12.8. The second-order valence-electron chi connectivity index (χ2n) is 6.42. The van der Waals surface area contributed by atoms with E-state index < -0.39 is 27.4 Å². The van der Waals surface area contributed by atoms with Gasteiger partial charge in [0.15, 0.2) is 0 Å². The highest BCUT2D eigenvalue weighted by Crippen LogP contribution is 2.21. The number of nitro benzene ring substituents is 1. The summed E-state index contributed by atoms with van der Waals surface area (Å²) < 4.78 is 26.4. The fourth-order valence-corrected chi connectivity index (χ4v) is 3.89. The summed E-state index contributed by atoms with van der Waals surface area (Å²) in [4.78, 5) is 22.4. The van der Waals surface area contributed by atoms with Crippen molar-refractivity contribution in [1.29, 1.82) is 0 Å². The molecule has 1 amide bonds. The van der Waals surface area contributed by atoms with E-state index in [2.05, 4.69) is 10.5 Å². The number of non-ortho nitro benzene ring substituents is 1. The summed E-state index contributed by atoms with van der Waals surface area (Å²) in [7, 11) is -2.57. The number of sulfonamides is 1. The summed E-state index contributed by atoms with van der Waals surface area (Å²) >= 11 is 0. The average molecular weight is 426 g/mol. The molecule has 0 radical (unpaired) electrons. The minimum absolute atomic E-state index is 0.0802. The van der Waals surface area contributed by atoms with Gasteiger partial charge in [-0.2, -0.15) is 9.41 Å². The molecule has 0 unspecified atom stereocenters. The van der Waals surface area contributed by atoms with Gasteiger partial charge in [0.25, 0.3) is 11.6 Å². The molecule has 0 fully saturated rings. The van der Waals surface area contributed by atoms with Gasteiger partial charge in [-0.1, -0.05) is 42.5 Å². The third kappa shape index (κ3) is 4.85. The zero-order valence-corrected chi connectivity index (χ0v) is 16.7. The van der Waals surface area contributed by atoms with E-state index in [1.165, 1.54) is 37.5 Å². The number of nitro groups is 1. The number of hydrazone groups is 1. The molecule has 3 aromatic carbocycles. The van der Waals surface area contributed by atoms with E-state index in [0.29, 0.717) is 5.56 Å². The van der Waals surface area contributed by atoms with Crippen LogP contribution in [0.3, 0.4) is 0 Å². The zero-order chi connectivity index (χ0) is 21.7. The first kappa shape index (κ1) is 21.1. The molecular weight excluding hydrogens is 408 g/mol. The van der Waals surface area contributed by atoms with Gasteiger partial charge in [0, 0.05) is 24.7 Å². The molecule has 0 saturated carbocycles. The maximum Gasteiger partial charge on any atom is 0.270 e. The van der Waals surface area contributed by atoms with Gasteiger partial charge in [0.05, 0.1) is 22.6 Å². The summed E-state index contributed by atoms with van der Waals surface area (Å²) in [5, 5.41) is 16.2. The van der Waals surface area contributed by atoms with Gasteiger partial charge in [0.1, 0.15) is 0 Å². The third-order valence-corrected chi connectivity index (χ3v) is 6.08. The van der Waals surface area contributed by atoms with Crippen molar-refractivity contribution in [3.63, 3.8) is 0 Å². The Morgan fingerprint density at radius 3 is 2.57 bits per heavy atom. The lowest BCUT2D eigenvalue weighted by Crippen LogP contribution is -2.36. The van der Waals surface area contributed by atoms with Crippen molar-refractivity contribution in [2.45, 2.75) is 4.90 Å². The van der Waals surface area contributed by atoms with Gasteiger partial charge in [-0.15, -0.1) is 0 Å².